The van der Waals surface area contributed by atoms with Crippen molar-refractivity contribution in [3.05, 3.63) is 21.7 Å². The molecule has 0 aliphatic heterocycles. The van der Waals surface area contributed by atoms with Gasteiger partial charge in [-0.05, 0) is 14.0 Å². The molecule has 5 heteroatoms. The zero-order chi connectivity index (χ0) is 9.14. The van der Waals surface area contributed by atoms with E-state index >= 15 is 0 Å². The summed E-state index contributed by atoms with van der Waals surface area (Å²) in [5.74, 6) is 0.437. The molecule has 0 aliphatic rings. The van der Waals surface area contributed by atoms with Crippen LogP contribution in [-0.2, 0) is 4.79 Å². The van der Waals surface area contributed by atoms with Crippen LogP contribution in [0.3, 0.4) is 0 Å². The number of aryl methyl sites for hydroxylation is 1. The summed E-state index contributed by atoms with van der Waals surface area (Å²) in [4.78, 5) is 21.5. The van der Waals surface area contributed by atoms with Gasteiger partial charge < -0.3 is 14.6 Å². The van der Waals surface area contributed by atoms with Gasteiger partial charge in [0.2, 0.25) is 0 Å². The molecule has 0 unspecified atom stereocenters. The third-order valence-corrected chi connectivity index (χ3v) is 1.68. The van der Waals surface area contributed by atoms with Gasteiger partial charge in [0.15, 0.2) is 0 Å². The lowest BCUT2D eigenvalue weighted by molar-refractivity contribution is -0.109. The molecule has 1 aromatic heterocycles. The van der Waals surface area contributed by atoms with E-state index in [1.165, 1.54) is 0 Å². The lowest BCUT2D eigenvalue weighted by atomic mass is 10.1. The second-order valence-electron chi connectivity index (χ2n) is 2.41. The fourth-order valence-corrected chi connectivity index (χ4v) is 1.03. The Kier molecular flexibility index (Phi) is 2.44. The van der Waals surface area contributed by atoms with E-state index in [1.54, 1.807) is 14.0 Å². The summed E-state index contributed by atoms with van der Waals surface area (Å²) < 4.78 is 4.74. The molecule has 0 saturated carbocycles. The molecule has 1 aromatic rings. The molecular weight excluding hydrogens is 160 g/mol. The van der Waals surface area contributed by atoms with Crippen LogP contribution in [0.25, 0.3) is 0 Å². The van der Waals surface area contributed by atoms with Crippen molar-refractivity contribution in [2.75, 3.05) is 7.05 Å². The average molecular weight is 170 g/mol. The van der Waals surface area contributed by atoms with Crippen molar-refractivity contribution in [3.63, 3.8) is 0 Å². The summed E-state index contributed by atoms with van der Waals surface area (Å²) in [5.41, 5.74) is -0.0218. The molecule has 0 amide bonds. The van der Waals surface area contributed by atoms with E-state index in [0.717, 1.165) is 0 Å². The first-order valence-electron chi connectivity index (χ1n) is 3.51. The first kappa shape index (κ1) is 8.73. The highest BCUT2D eigenvalue weighted by Crippen LogP contribution is 2.09. The molecular formula is C7H10N2O3. The van der Waals surface area contributed by atoms with E-state index in [2.05, 4.69) is 10.5 Å². The predicted molar refractivity (Wildman–Crippen MR) is 41.9 cm³/mol. The number of hydrogen-bond acceptors (Lipinski definition) is 4. The van der Waals surface area contributed by atoms with Gasteiger partial charge >= 0.3 is 0 Å². The Bertz CT molecular complexity index is 326. The van der Waals surface area contributed by atoms with Crippen LogP contribution in [0.5, 0.6) is 0 Å². The van der Waals surface area contributed by atoms with Crippen LogP contribution < -0.4 is 10.9 Å². The van der Waals surface area contributed by atoms with Crippen molar-refractivity contribution in [3.8, 4) is 0 Å². The minimum atomic E-state index is -0.590. The number of aromatic nitrogens is 1. The first-order chi connectivity index (χ1) is 5.70. The van der Waals surface area contributed by atoms with E-state index in [0.29, 0.717) is 17.6 Å². The number of aldehydes is 1. The molecule has 2 N–H and O–H groups in total. The number of hydrogen-bond donors (Lipinski definition) is 2. The maximum Gasteiger partial charge on any atom is 0.285 e. The van der Waals surface area contributed by atoms with Gasteiger partial charge in [-0.2, -0.15) is 5.16 Å². The predicted octanol–water partition coefficient (Wildman–Crippen LogP) is -0.264. The Morgan fingerprint density at radius 3 is 2.67 bits per heavy atom. The van der Waals surface area contributed by atoms with Crippen LogP contribution in [0.1, 0.15) is 17.4 Å². The number of H-pyrrole nitrogens is 1. The van der Waals surface area contributed by atoms with Crippen molar-refractivity contribution < 1.29 is 9.32 Å². The topological polar surface area (TPSA) is 75.1 Å². The summed E-state index contributed by atoms with van der Waals surface area (Å²) in [5, 5.41) is 4.84. The Morgan fingerprint density at radius 2 is 2.33 bits per heavy atom. The van der Waals surface area contributed by atoms with Gasteiger partial charge in [-0.1, -0.05) is 0 Å². The van der Waals surface area contributed by atoms with Gasteiger partial charge in [0.05, 0.1) is 11.6 Å². The molecule has 0 aromatic carbocycles. The molecule has 0 saturated heterocycles. The highest BCUT2D eigenvalue weighted by atomic mass is 16.5. The molecule has 5 nitrogen and oxygen atoms in total. The molecule has 12 heavy (non-hydrogen) atoms. The standard InChI is InChI=1S/C7H10N2O3/c1-4-6(5(3-10)8-2)7(11)9-12-4/h3,5,8H,1-2H3,(H,9,11)/t5-/m1/s1. The molecule has 0 bridgehead atoms. The molecule has 0 spiro atoms. The highest BCUT2D eigenvalue weighted by Gasteiger charge is 2.17. The minimum Gasteiger partial charge on any atom is -0.383 e. The molecule has 1 atom stereocenters. The normalized spacial score (nSPS) is 12.8. The summed E-state index contributed by atoms with van der Waals surface area (Å²) in [7, 11) is 1.60. The number of nitrogens with one attached hydrogen (secondary N) is 2. The largest absolute Gasteiger partial charge is 0.383 e. The van der Waals surface area contributed by atoms with Crippen molar-refractivity contribution in [2.24, 2.45) is 0 Å². The minimum absolute atomic E-state index is 0.340. The summed E-state index contributed by atoms with van der Waals surface area (Å²) in [6.07, 6.45) is 0.660. The number of aromatic amines is 1. The van der Waals surface area contributed by atoms with E-state index in [-0.39, 0.29) is 5.56 Å². The molecule has 0 fully saturated rings. The molecule has 1 heterocycles. The van der Waals surface area contributed by atoms with Crippen molar-refractivity contribution in [1.82, 2.24) is 10.5 Å². The van der Waals surface area contributed by atoms with Gasteiger partial charge in [0.1, 0.15) is 12.0 Å². The summed E-state index contributed by atoms with van der Waals surface area (Å²) in [6.45, 7) is 1.63. The van der Waals surface area contributed by atoms with Crippen LogP contribution in [0.2, 0.25) is 0 Å². The van der Waals surface area contributed by atoms with Gasteiger partial charge in [-0.3, -0.25) is 4.79 Å². The Morgan fingerprint density at radius 1 is 1.67 bits per heavy atom. The fourth-order valence-electron chi connectivity index (χ4n) is 1.03. The van der Waals surface area contributed by atoms with Crippen LogP contribution in [0, 0.1) is 6.92 Å². The molecule has 66 valence electrons. The van der Waals surface area contributed by atoms with Gasteiger partial charge in [0, 0.05) is 0 Å². The monoisotopic (exact) mass is 170 g/mol. The highest BCUT2D eigenvalue weighted by molar-refractivity contribution is 5.61. The van der Waals surface area contributed by atoms with Gasteiger partial charge in [-0.25, -0.2) is 0 Å². The van der Waals surface area contributed by atoms with Gasteiger partial charge in [0.25, 0.3) is 5.56 Å². The van der Waals surface area contributed by atoms with Crippen LogP contribution in [0.15, 0.2) is 9.32 Å². The molecule has 0 radical (unpaired) electrons. The Balaban J connectivity index is 3.15. The zero-order valence-corrected chi connectivity index (χ0v) is 6.88. The maximum atomic E-state index is 11.1. The second-order valence-corrected chi connectivity index (χ2v) is 2.41. The lowest BCUT2D eigenvalue weighted by Crippen LogP contribution is -2.23. The second kappa shape index (κ2) is 3.36. The quantitative estimate of drug-likeness (QED) is 0.612. The van der Waals surface area contributed by atoms with Crippen LogP contribution in [0.4, 0.5) is 0 Å². The maximum absolute atomic E-state index is 11.1. The zero-order valence-electron chi connectivity index (χ0n) is 6.88. The number of carbonyl (C=O) groups excluding carboxylic acids is 1. The Labute approximate surface area is 68.7 Å². The van der Waals surface area contributed by atoms with Crippen LogP contribution in [-0.4, -0.2) is 18.5 Å². The molecule has 1 rings (SSSR count). The summed E-state index contributed by atoms with van der Waals surface area (Å²) in [6, 6.07) is -0.590. The van der Waals surface area contributed by atoms with Crippen molar-refractivity contribution in [2.45, 2.75) is 13.0 Å². The summed E-state index contributed by atoms with van der Waals surface area (Å²) >= 11 is 0. The van der Waals surface area contributed by atoms with E-state index in [4.69, 9.17) is 4.52 Å². The Hall–Kier alpha value is -1.36. The smallest absolute Gasteiger partial charge is 0.285 e. The van der Waals surface area contributed by atoms with E-state index < -0.39 is 6.04 Å². The first-order valence-corrected chi connectivity index (χ1v) is 3.51. The van der Waals surface area contributed by atoms with E-state index in [9.17, 15) is 9.59 Å². The number of rotatable bonds is 3. The number of carbonyl (C=O) groups is 1. The lowest BCUT2D eigenvalue weighted by Gasteiger charge is -2.03. The van der Waals surface area contributed by atoms with Gasteiger partial charge in [-0.15, -0.1) is 0 Å². The molecule has 0 aliphatic carbocycles. The van der Waals surface area contributed by atoms with Crippen molar-refractivity contribution in [1.29, 1.82) is 0 Å². The number of likely N-dealkylation sites (N-methyl/N-ethyl adjacent to an activating group) is 1. The van der Waals surface area contributed by atoms with Crippen LogP contribution >= 0.6 is 0 Å². The van der Waals surface area contributed by atoms with E-state index in [1.807, 2.05) is 0 Å². The fraction of sp³-hybridized carbons (Fsp3) is 0.429. The SMILES string of the molecule is CN[C@H](C=O)c1c(C)o[nH]c1=O. The average Bonchev–Trinajstić information content (AvgIpc) is 2.38. The third kappa shape index (κ3) is 1.31. The third-order valence-electron chi connectivity index (χ3n) is 1.68. The van der Waals surface area contributed by atoms with Crippen molar-refractivity contribution >= 4 is 6.29 Å².